The summed E-state index contributed by atoms with van der Waals surface area (Å²) >= 11 is 0. The molecule has 0 aliphatic carbocycles. The minimum absolute atomic E-state index is 0.127. The third kappa shape index (κ3) is 12.0. The van der Waals surface area contributed by atoms with Crippen molar-refractivity contribution in [3.8, 4) is 11.1 Å². The van der Waals surface area contributed by atoms with Gasteiger partial charge >= 0.3 is 18.1 Å². The van der Waals surface area contributed by atoms with E-state index in [9.17, 15) is 27.6 Å². The Hall–Kier alpha value is -4.14. The summed E-state index contributed by atoms with van der Waals surface area (Å²) in [4.78, 5) is 35.8. The average molecular weight is 625 g/mol. The zero-order valence-electron chi connectivity index (χ0n) is 25.8. The van der Waals surface area contributed by atoms with Crippen LogP contribution in [-0.4, -0.2) is 29.4 Å². The lowest BCUT2D eigenvalue weighted by molar-refractivity contribution is -0.150. The first-order valence-corrected chi connectivity index (χ1v) is 15.8. The predicted octanol–water partition coefficient (Wildman–Crippen LogP) is 8.51. The number of carbonyl (C=O) groups excluding carboxylic acids is 2. The zero-order chi connectivity index (χ0) is 32.7. The molecule has 0 saturated carbocycles. The monoisotopic (exact) mass is 624 g/mol. The second-order valence-electron chi connectivity index (χ2n) is 11.4. The molecular formula is C36H43F3N2O4. The van der Waals surface area contributed by atoms with Crippen LogP contribution in [0.4, 0.5) is 13.2 Å². The lowest BCUT2D eigenvalue weighted by Gasteiger charge is -2.19. The summed E-state index contributed by atoms with van der Waals surface area (Å²) in [7, 11) is 0. The van der Waals surface area contributed by atoms with Crippen molar-refractivity contribution >= 4 is 17.8 Å². The number of nitrogens with one attached hydrogen (secondary N) is 2. The Morgan fingerprint density at radius 2 is 1.36 bits per heavy atom. The molecule has 6 nitrogen and oxygen atoms in total. The van der Waals surface area contributed by atoms with Crippen LogP contribution in [0.2, 0.25) is 0 Å². The molecule has 0 radical (unpaired) electrons. The van der Waals surface area contributed by atoms with Crippen LogP contribution in [0.3, 0.4) is 0 Å². The van der Waals surface area contributed by atoms with Crippen molar-refractivity contribution in [3.63, 3.8) is 0 Å². The normalized spacial score (nSPS) is 12.0. The summed E-state index contributed by atoms with van der Waals surface area (Å²) < 4.78 is 39.0. The molecule has 1 atom stereocenters. The quantitative estimate of drug-likeness (QED) is 0.104. The Balaban J connectivity index is 1.55. The van der Waals surface area contributed by atoms with Gasteiger partial charge < -0.3 is 15.7 Å². The number of halogens is 3. The van der Waals surface area contributed by atoms with E-state index >= 15 is 0 Å². The Morgan fingerprint density at radius 3 is 1.93 bits per heavy atom. The lowest BCUT2D eigenvalue weighted by Crippen LogP contribution is -2.35. The Labute approximate surface area is 263 Å². The molecule has 0 aliphatic rings. The van der Waals surface area contributed by atoms with E-state index < -0.39 is 29.7 Å². The van der Waals surface area contributed by atoms with Gasteiger partial charge in [-0.25, -0.2) is 4.79 Å². The van der Waals surface area contributed by atoms with Gasteiger partial charge in [0.05, 0.1) is 11.6 Å². The molecule has 0 fully saturated rings. The molecule has 0 bridgehead atoms. The molecule has 0 heterocycles. The van der Waals surface area contributed by atoms with Crippen molar-refractivity contribution in [1.82, 2.24) is 10.6 Å². The third-order valence-corrected chi connectivity index (χ3v) is 7.81. The highest BCUT2D eigenvalue weighted by Gasteiger charge is 2.30. The maximum Gasteiger partial charge on any atom is 0.416 e. The van der Waals surface area contributed by atoms with Crippen molar-refractivity contribution < 1.29 is 32.7 Å². The number of carboxylic acid groups (broad SMARTS) is 1. The van der Waals surface area contributed by atoms with Crippen molar-refractivity contribution in [2.24, 2.45) is 0 Å². The van der Waals surface area contributed by atoms with Gasteiger partial charge in [0, 0.05) is 12.1 Å². The van der Waals surface area contributed by atoms with Gasteiger partial charge in [-0.2, -0.15) is 13.2 Å². The number of alkyl halides is 3. The van der Waals surface area contributed by atoms with E-state index in [4.69, 9.17) is 5.11 Å². The Kier molecular flexibility index (Phi) is 14.1. The van der Waals surface area contributed by atoms with Crippen LogP contribution < -0.4 is 10.6 Å². The maximum atomic E-state index is 13.0. The minimum atomic E-state index is -4.52. The van der Waals surface area contributed by atoms with Crippen LogP contribution in [0.5, 0.6) is 0 Å². The number of hydrogen-bond acceptors (Lipinski definition) is 3. The summed E-state index contributed by atoms with van der Waals surface area (Å²) in [6, 6.07) is 18.0. The molecule has 3 aromatic carbocycles. The van der Waals surface area contributed by atoms with Crippen LogP contribution >= 0.6 is 0 Å². The molecule has 0 spiro atoms. The van der Waals surface area contributed by atoms with Gasteiger partial charge in [0.1, 0.15) is 0 Å². The average Bonchev–Trinajstić information content (AvgIpc) is 3.03. The van der Waals surface area contributed by atoms with Gasteiger partial charge in [-0.05, 0) is 59.4 Å². The van der Waals surface area contributed by atoms with E-state index in [0.29, 0.717) is 17.7 Å². The molecule has 45 heavy (non-hydrogen) atoms. The molecule has 0 aromatic heterocycles. The summed E-state index contributed by atoms with van der Waals surface area (Å²) in [5.41, 5.74) is 2.49. The van der Waals surface area contributed by atoms with Crippen LogP contribution in [0.25, 0.3) is 11.1 Å². The van der Waals surface area contributed by atoms with Gasteiger partial charge in [-0.3, -0.25) is 9.59 Å². The fraction of sp³-hybridized carbons (Fsp3) is 0.417. The van der Waals surface area contributed by atoms with Crippen molar-refractivity contribution in [2.75, 3.05) is 6.54 Å². The molecular weight excluding hydrogens is 581 g/mol. The van der Waals surface area contributed by atoms with Gasteiger partial charge in [0.15, 0.2) is 0 Å². The summed E-state index contributed by atoms with van der Waals surface area (Å²) in [5, 5.41) is 14.4. The summed E-state index contributed by atoms with van der Waals surface area (Å²) in [6.07, 6.45) is 7.97. The third-order valence-electron chi connectivity index (χ3n) is 7.81. The molecule has 1 unspecified atom stereocenters. The zero-order valence-corrected chi connectivity index (χ0v) is 25.8. The number of aliphatic carboxylic acids is 1. The maximum absolute atomic E-state index is 13.0. The van der Waals surface area contributed by atoms with Gasteiger partial charge in [0.25, 0.3) is 5.91 Å². The van der Waals surface area contributed by atoms with Gasteiger partial charge in [-0.1, -0.05) is 113 Å². The van der Waals surface area contributed by atoms with Gasteiger partial charge in [-0.15, -0.1) is 0 Å². The van der Waals surface area contributed by atoms with E-state index in [1.807, 2.05) is 30.3 Å². The second-order valence-corrected chi connectivity index (χ2v) is 11.4. The number of carbonyl (C=O) groups is 3. The van der Waals surface area contributed by atoms with E-state index in [1.165, 1.54) is 63.5 Å². The molecule has 3 aromatic rings. The molecule has 9 heteroatoms. The fourth-order valence-corrected chi connectivity index (χ4v) is 5.20. The Morgan fingerprint density at radius 1 is 0.756 bits per heavy atom. The molecule has 242 valence electrons. The van der Waals surface area contributed by atoms with E-state index in [0.717, 1.165) is 41.7 Å². The fourth-order valence-electron chi connectivity index (χ4n) is 5.20. The predicted molar refractivity (Wildman–Crippen MR) is 170 cm³/mol. The second kappa shape index (κ2) is 18.0. The van der Waals surface area contributed by atoms with Crippen LogP contribution in [0.15, 0.2) is 72.8 Å². The minimum Gasteiger partial charge on any atom is -0.474 e. The number of unbranched alkanes of at least 4 members (excludes halogenated alkanes) is 9. The number of amides is 2. The van der Waals surface area contributed by atoms with Gasteiger partial charge in [0.2, 0.25) is 0 Å². The van der Waals surface area contributed by atoms with E-state index in [2.05, 4.69) is 17.6 Å². The number of carboxylic acids is 1. The topological polar surface area (TPSA) is 95.5 Å². The first-order valence-electron chi connectivity index (χ1n) is 15.8. The smallest absolute Gasteiger partial charge is 0.416 e. The van der Waals surface area contributed by atoms with Crippen LogP contribution in [-0.2, 0) is 22.2 Å². The first-order chi connectivity index (χ1) is 21.6. The molecule has 3 rings (SSSR count). The van der Waals surface area contributed by atoms with E-state index in [1.54, 1.807) is 18.2 Å². The highest BCUT2D eigenvalue weighted by Crippen LogP contribution is 2.31. The molecule has 3 N–H and O–H groups in total. The van der Waals surface area contributed by atoms with Crippen LogP contribution in [0.1, 0.15) is 104 Å². The number of hydrogen-bond donors (Lipinski definition) is 3. The lowest BCUT2D eigenvalue weighted by atomic mass is 9.95. The largest absolute Gasteiger partial charge is 0.474 e. The highest BCUT2D eigenvalue weighted by atomic mass is 19.4. The van der Waals surface area contributed by atoms with Crippen molar-refractivity contribution in [2.45, 2.75) is 89.8 Å². The number of benzene rings is 3. The summed E-state index contributed by atoms with van der Waals surface area (Å²) in [6.45, 7) is 2.86. The highest BCUT2D eigenvalue weighted by molar-refractivity contribution is 6.31. The molecule has 0 saturated heterocycles. The van der Waals surface area contributed by atoms with Crippen molar-refractivity contribution in [1.29, 1.82) is 0 Å². The van der Waals surface area contributed by atoms with Crippen molar-refractivity contribution in [3.05, 3.63) is 95.1 Å². The molecule has 0 aliphatic heterocycles. The van der Waals surface area contributed by atoms with Crippen LogP contribution in [0, 0.1) is 0 Å². The SMILES string of the molecule is CCCCCCCCCCCCNC(=O)c1cccc(-c2ccc(CC(NC(=O)C(=O)O)c3ccc(C(F)(F)F)cc3)cc2)c1. The summed E-state index contributed by atoms with van der Waals surface area (Å²) in [5.74, 6) is -3.06. The number of rotatable bonds is 17. The van der Waals surface area contributed by atoms with E-state index in [-0.39, 0.29) is 12.3 Å². The first kappa shape index (κ1) is 35.3. The standard InChI is InChI=1S/C36H43F3N2O4/c1-2-3-4-5-6-7-8-9-10-11-23-40-33(42)30-14-12-13-29(25-30)27-17-15-26(16-18-27)24-32(41-34(43)35(44)45)28-19-21-31(22-20-28)36(37,38)39/h12-22,25,32H,2-11,23-24H2,1H3,(H,40,42)(H,41,43)(H,44,45). The molecule has 2 amide bonds. The Bertz CT molecular complexity index is 1370.